The van der Waals surface area contributed by atoms with Crippen molar-refractivity contribution in [2.45, 2.75) is 24.9 Å². The van der Waals surface area contributed by atoms with Crippen LogP contribution in [0.5, 0.6) is 0 Å². The van der Waals surface area contributed by atoms with Crippen molar-refractivity contribution in [1.29, 1.82) is 0 Å². The Morgan fingerprint density at radius 3 is 2.38 bits per heavy atom. The molecular weight excluding hydrogens is 176 g/mol. The number of imidazole rings is 1. The second kappa shape index (κ2) is 3.08. The summed E-state index contributed by atoms with van der Waals surface area (Å²) in [5, 5.41) is 37.2. The highest BCUT2D eigenvalue weighted by atomic mass is 16.6. The van der Waals surface area contributed by atoms with Gasteiger partial charge in [0.1, 0.15) is 0 Å². The molecule has 1 aromatic rings. The molecule has 1 heterocycles. The van der Waals surface area contributed by atoms with Crippen LogP contribution in [0.4, 0.5) is 0 Å². The van der Waals surface area contributed by atoms with Crippen LogP contribution < -0.4 is 0 Å². The van der Waals surface area contributed by atoms with Gasteiger partial charge < -0.3 is 25.4 Å². The zero-order valence-corrected chi connectivity index (χ0v) is 7.10. The molecule has 0 fully saturated rings. The number of hydrogen-bond donors (Lipinski definition) is 5. The normalized spacial score (nSPS) is 13.3. The van der Waals surface area contributed by atoms with Gasteiger partial charge in [-0.25, -0.2) is 4.98 Å². The van der Waals surface area contributed by atoms with E-state index in [0.717, 1.165) is 0 Å². The number of rotatable bonds is 3. The average Bonchev–Trinajstić information content (AvgIpc) is 2.56. The van der Waals surface area contributed by atoms with Crippen molar-refractivity contribution >= 4 is 0 Å². The Labute approximate surface area is 74.5 Å². The van der Waals surface area contributed by atoms with E-state index in [-0.39, 0.29) is 12.2 Å². The third-order valence-electron chi connectivity index (χ3n) is 1.88. The Morgan fingerprint density at radius 1 is 1.38 bits per heavy atom. The van der Waals surface area contributed by atoms with E-state index < -0.39 is 11.6 Å². The molecular formula is C7H12N2O4. The molecule has 0 spiro atoms. The molecule has 0 bridgehead atoms. The van der Waals surface area contributed by atoms with Gasteiger partial charge in [0.2, 0.25) is 5.79 Å². The van der Waals surface area contributed by atoms with Gasteiger partial charge >= 0.3 is 0 Å². The van der Waals surface area contributed by atoms with Gasteiger partial charge in [-0.2, -0.15) is 0 Å². The molecule has 6 heteroatoms. The lowest BCUT2D eigenvalue weighted by atomic mass is 10.0. The number of H-pyrrole nitrogens is 1. The molecule has 0 saturated heterocycles. The van der Waals surface area contributed by atoms with Crippen LogP contribution in [0.1, 0.15) is 19.2 Å². The van der Waals surface area contributed by atoms with Crippen molar-refractivity contribution in [1.82, 2.24) is 9.97 Å². The van der Waals surface area contributed by atoms with Gasteiger partial charge in [0.25, 0.3) is 5.79 Å². The van der Waals surface area contributed by atoms with E-state index in [1.54, 1.807) is 0 Å². The highest BCUT2D eigenvalue weighted by Crippen LogP contribution is 2.28. The van der Waals surface area contributed by atoms with Gasteiger partial charge in [0.15, 0.2) is 5.82 Å². The van der Waals surface area contributed by atoms with Crippen LogP contribution in [0.2, 0.25) is 0 Å². The number of nitrogens with zero attached hydrogens (tertiary/aromatic N) is 1. The van der Waals surface area contributed by atoms with Crippen molar-refractivity contribution < 1.29 is 20.4 Å². The molecule has 0 aromatic carbocycles. The van der Waals surface area contributed by atoms with E-state index in [1.807, 2.05) is 0 Å². The molecule has 13 heavy (non-hydrogen) atoms. The van der Waals surface area contributed by atoms with Crippen LogP contribution in [0.25, 0.3) is 0 Å². The fraction of sp³-hybridized carbons (Fsp3) is 0.571. The molecule has 1 rings (SSSR count). The Hall–Kier alpha value is -0.950. The van der Waals surface area contributed by atoms with Crippen LogP contribution >= 0.6 is 0 Å². The molecule has 0 radical (unpaired) electrons. The summed E-state index contributed by atoms with van der Waals surface area (Å²) in [5.41, 5.74) is 0. The summed E-state index contributed by atoms with van der Waals surface area (Å²) in [4.78, 5) is 5.91. The van der Waals surface area contributed by atoms with E-state index in [2.05, 4.69) is 9.97 Å². The molecule has 0 unspecified atom stereocenters. The zero-order chi connectivity index (χ0) is 10.1. The first-order valence-electron chi connectivity index (χ1n) is 3.81. The summed E-state index contributed by atoms with van der Waals surface area (Å²) in [6.45, 7) is 1.41. The Morgan fingerprint density at radius 2 is 2.00 bits per heavy atom. The highest BCUT2D eigenvalue weighted by Gasteiger charge is 2.49. The molecule has 0 aliphatic rings. The highest BCUT2D eigenvalue weighted by molar-refractivity contribution is 5.01. The van der Waals surface area contributed by atoms with Crippen molar-refractivity contribution in [2.75, 3.05) is 0 Å². The SMILES string of the molecule is CCC(O)(O)C(O)(O)c1ncc[nH]1. The van der Waals surface area contributed by atoms with Gasteiger partial charge in [0, 0.05) is 18.8 Å². The molecule has 0 aliphatic carbocycles. The zero-order valence-electron chi connectivity index (χ0n) is 7.10. The van der Waals surface area contributed by atoms with Crippen LogP contribution in [-0.4, -0.2) is 36.2 Å². The molecule has 0 amide bonds. The minimum Gasteiger partial charge on any atom is -0.361 e. The van der Waals surface area contributed by atoms with Crippen molar-refractivity contribution in [2.24, 2.45) is 0 Å². The predicted molar refractivity (Wildman–Crippen MR) is 42.2 cm³/mol. The lowest BCUT2D eigenvalue weighted by Gasteiger charge is -2.32. The molecule has 0 atom stereocenters. The van der Waals surface area contributed by atoms with Crippen molar-refractivity contribution in [3.63, 3.8) is 0 Å². The minimum atomic E-state index is -2.79. The number of hydrogen-bond acceptors (Lipinski definition) is 5. The number of aliphatic hydroxyl groups is 4. The fourth-order valence-electron chi connectivity index (χ4n) is 0.892. The van der Waals surface area contributed by atoms with Crippen LogP contribution in [-0.2, 0) is 5.79 Å². The number of nitrogens with one attached hydrogen (secondary N) is 1. The van der Waals surface area contributed by atoms with Crippen LogP contribution in [0, 0.1) is 0 Å². The third kappa shape index (κ3) is 1.56. The van der Waals surface area contributed by atoms with E-state index in [1.165, 1.54) is 19.3 Å². The summed E-state index contributed by atoms with van der Waals surface area (Å²) < 4.78 is 0. The van der Waals surface area contributed by atoms with E-state index in [9.17, 15) is 20.4 Å². The summed E-state index contributed by atoms with van der Waals surface area (Å²) in [7, 11) is 0. The maximum absolute atomic E-state index is 9.36. The first-order chi connectivity index (χ1) is 5.92. The van der Waals surface area contributed by atoms with E-state index >= 15 is 0 Å². The standard InChI is InChI=1S/C7H12N2O4/c1-2-6(10,11)7(12,13)5-8-3-4-9-5/h3-4,10-13H,2H2,1H3,(H,8,9). The molecule has 0 aliphatic heterocycles. The minimum absolute atomic E-state index is 0.235. The summed E-state index contributed by atoms with van der Waals surface area (Å²) in [5.74, 6) is -5.71. The lowest BCUT2D eigenvalue weighted by Crippen LogP contribution is -2.52. The molecule has 0 saturated carbocycles. The van der Waals surface area contributed by atoms with Gasteiger partial charge in [-0.15, -0.1) is 0 Å². The van der Waals surface area contributed by atoms with E-state index in [0.29, 0.717) is 0 Å². The van der Waals surface area contributed by atoms with Gasteiger partial charge in [-0.05, 0) is 0 Å². The summed E-state index contributed by atoms with van der Waals surface area (Å²) in [6.07, 6.45) is 2.39. The van der Waals surface area contributed by atoms with E-state index in [4.69, 9.17) is 0 Å². The van der Waals surface area contributed by atoms with Gasteiger partial charge in [-0.3, -0.25) is 0 Å². The number of aromatic amines is 1. The second-order valence-corrected chi connectivity index (χ2v) is 2.78. The fourth-order valence-corrected chi connectivity index (χ4v) is 0.892. The maximum atomic E-state index is 9.36. The van der Waals surface area contributed by atoms with Crippen molar-refractivity contribution in [3.05, 3.63) is 18.2 Å². The first-order valence-corrected chi connectivity index (χ1v) is 3.81. The average molecular weight is 188 g/mol. The quantitative estimate of drug-likeness (QED) is 0.376. The second-order valence-electron chi connectivity index (χ2n) is 2.78. The molecule has 5 N–H and O–H groups in total. The Kier molecular flexibility index (Phi) is 2.40. The molecule has 74 valence electrons. The predicted octanol–water partition coefficient (Wildman–Crippen LogP) is -1.36. The molecule has 6 nitrogen and oxygen atoms in total. The summed E-state index contributed by atoms with van der Waals surface area (Å²) >= 11 is 0. The van der Waals surface area contributed by atoms with Crippen molar-refractivity contribution in [3.8, 4) is 0 Å². The topological polar surface area (TPSA) is 110 Å². The number of aromatic nitrogens is 2. The summed E-state index contributed by atoms with van der Waals surface area (Å²) in [6, 6.07) is 0. The van der Waals surface area contributed by atoms with Crippen LogP contribution in [0.3, 0.4) is 0 Å². The van der Waals surface area contributed by atoms with Crippen LogP contribution in [0.15, 0.2) is 12.4 Å². The Bertz CT molecular complexity index is 268. The first kappa shape index (κ1) is 10.1. The smallest absolute Gasteiger partial charge is 0.279 e. The third-order valence-corrected chi connectivity index (χ3v) is 1.88. The van der Waals surface area contributed by atoms with Gasteiger partial charge in [0.05, 0.1) is 0 Å². The lowest BCUT2D eigenvalue weighted by molar-refractivity contribution is -0.369. The monoisotopic (exact) mass is 188 g/mol. The van der Waals surface area contributed by atoms with Gasteiger partial charge in [-0.1, -0.05) is 6.92 Å². The molecule has 1 aromatic heterocycles. The maximum Gasteiger partial charge on any atom is 0.279 e. The largest absolute Gasteiger partial charge is 0.361 e. The Balaban J connectivity index is 3.02.